The van der Waals surface area contributed by atoms with Crippen LogP contribution in [0.15, 0.2) is 48.5 Å². The van der Waals surface area contributed by atoms with Gasteiger partial charge in [0, 0.05) is 0 Å². The molecule has 3 N–H and O–H groups in total. The number of carbonyl (C=O) groups excluding carboxylic acids is 2. The van der Waals surface area contributed by atoms with Gasteiger partial charge in [0.25, 0.3) is 11.8 Å². The van der Waals surface area contributed by atoms with Crippen LogP contribution in [0, 0.1) is 11.3 Å². The summed E-state index contributed by atoms with van der Waals surface area (Å²) < 4.78 is 5.52. The first-order chi connectivity index (χ1) is 11.0. The van der Waals surface area contributed by atoms with Gasteiger partial charge in [-0.25, -0.2) is 0 Å². The molecule has 0 fully saturated rings. The number of ether oxygens (including phenoxy) is 1. The van der Waals surface area contributed by atoms with Crippen LogP contribution in [0.4, 0.5) is 5.69 Å². The Kier molecular flexibility index (Phi) is 4.95. The average molecular weight is 309 g/mol. The van der Waals surface area contributed by atoms with Crippen molar-refractivity contribution in [3.8, 4) is 11.8 Å². The second-order valence-corrected chi connectivity index (χ2v) is 4.77. The lowest BCUT2D eigenvalue weighted by Crippen LogP contribution is -2.31. The van der Waals surface area contributed by atoms with E-state index in [2.05, 4.69) is 5.32 Å². The molecule has 1 atom stereocenters. The third-order valence-corrected chi connectivity index (χ3v) is 3.13. The van der Waals surface area contributed by atoms with E-state index in [0.717, 1.165) is 0 Å². The number of nitrogens with two attached hydrogens (primary N) is 1. The molecule has 0 aromatic heterocycles. The maximum absolute atomic E-state index is 12.2. The second kappa shape index (κ2) is 7.09. The zero-order chi connectivity index (χ0) is 16.8. The molecule has 0 saturated heterocycles. The minimum Gasteiger partial charge on any atom is -0.480 e. The van der Waals surface area contributed by atoms with Gasteiger partial charge in [0.2, 0.25) is 0 Å². The standard InChI is InChI=1S/C17H15N3O3/c1-11(23-15-9-5-3-7-13(15)16(19)21)17(22)20-14-8-4-2-6-12(14)10-18/h2-9,11H,1H3,(H2,19,21)(H,20,22)/t11-/m0/s1. The van der Waals surface area contributed by atoms with E-state index in [1.54, 1.807) is 49.4 Å². The van der Waals surface area contributed by atoms with Crippen molar-refractivity contribution in [3.05, 3.63) is 59.7 Å². The fraction of sp³-hybridized carbons (Fsp3) is 0.118. The summed E-state index contributed by atoms with van der Waals surface area (Å²) in [5, 5.41) is 11.6. The highest BCUT2D eigenvalue weighted by Gasteiger charge is 2.18. The maximum atomic E-state index is 12.2. The Bertz CT molecular complexity index is 781. The van der Waals surface area contributed by atoms with Gasteiger partial charge in [0.05, 0.1) is 16.8 Å². The number of amides is 2. The van der Waals surface area contributed by atoms with Gasteiger partial charge in [-0.15, -0.1) is 0 Å². The van der Waals surface area contributed by atoms with E-state index in [0.29, 0.717) is 11.3 Å². The van der Waals surface area contributed by atoms with Crippen LogP contribution in [0.25, 0.3) is 0 Å². The van der Waals surface area contributed by atoms with Gasteiger partial charge in [-0.05, 0) is 31.2 Å². The Morgan fingerprint density at radius 1 is 1.17 bits per heavy atom. The Morgan fingerprint density at radius 2 is 1.83 bits per heavy atom. The van der Waals surface area contributed by atoms with Gasteiger partial charge in [-0.1, -0.05) is 24.3 Å². The molecule has 0 heterocycles. The molecule has 0 saturated carbocycles. The number of rotatable bonds is 5. The fourth-order valence-electron chi connectivity index (χ4n) is 1.94. The zero-order valence-electron chi connectivity index (χ0n) is 12.4. The largest absolute Gasteiger partial charge is 0.480 e. The number of primary amides is 1. The van der Waals surface area contributed by atoms with Crippen LogP contribution in [0.3, 0.4) is 0 Å². The number of carbonyl (C=O) groups is 2. The van der Waals surface area contributed by atoms with Crippen LogP contribution >= 0.6 is 0 Å². The predicted molar refractivity (Wildman–Crippen MR) is 84.8 cm³/mol. The number of nitriles is 1. The highest BCUT2D eigenvalue weighted by Crippen LogP contribution is 2.20. The molecule has 0 radical (unpaired) electrons. The Morgan fingerprint density at radius 3 is 2.52 bits per heavy atom. The van der Waals surface area contributed by atoms with Gasteiger partial charge in [-0.2, -0.15) is 5.26 Å². The summed E-state index contributed by atoms with van der Waals surface area (Å²) in [6.07, 6.45) is -0.873. The molecule has 0 aliphatic heterocycles. The molecule has 2 rings (SSSR count). The van der Waals surface area contributed by atoms with Crippen molar-refractivity contribution < 1.29 is 14.3 Å². The van der Waals surface area contributed by atoms with E-state index in [1.165, 1.54) is 6.07 Å². The van der Waals surface area contributed by atoms with Crippen LogP contribution in [0.2, 0.25) is 0 Å². The zero-order valence-corrected chi connectivity index (χ0v) is 12.4. The first-order valence-electron chi connectivity index (χ1n) is 6.88. The van der Waals surface area contributed by atoms with E-state index >= 15 is 0 Å². The highest BCUT2D eigenvalue weighted by atomic mass is 16.5. The van der Waals surface area contributed by atoms with Gasteiger partial charge >= 0.3 is 0 Å². The molecule has 6 heteroatoms. The first kappa shape index (κ1) is 16.0. The van der Waals surface area contributed by atoms with E-state index in [4.69, 9.17) is 15.7 Å². The monoisotopic (exact) mass is 309 g/mol. The summed E-state index contributed by atoms with van der Waals surface area (Å²) in [5.41, 5.74) is 6.22. The molecule has 0 spiro atoms. The van der Waals surface area contributed by atoms with Crippen molar-refractivity contribution in [2.24, 2.45) is 5.73 Å². The molecule has 0 unspecified atom stereocenters. The average Bonchev–Trinajstić information content (AvgIpc) is 2.55. The Labute approximate surface area is 133 Å². The van der Waals surface area contributed by atoms with Gasteiger partial charge in [0.15, 0.2) is 6.10 Å². The van der Waals surface area contributed by atoms with Crippen LogP contribution in [-0.2, 0) is 4.79 Å². The summed E-state index contributed by atoms with van der Waals surface area (Å²) in [7, 11) is 0. The smallest absolute Gasteiger partial charge is 0.265 e. The van der Waals surface area contributed by atoms with Gasteiger partial charge < -0.3 is 15.8 Å². The summed E-state index contributed by atoms with van der Waals surface area (Å²) in [6, 6.07) is 15.1. The van der Waals surface area contributed by atoms with E-state index in [1.807, 2.05) is 6.07 Å². The van der Waals surface area contributed by atoms with Crippen LogP contribution < -0.4 is 15.8 Å². The number of hydrogen-bond acceptors (Lipinski definition) is 4. The lowest BCUT2D eigenvalue weighted by Gasteiger charge is -2.16. The number of hydrogen-bond donors (Lipinski definition) is 2. The molecule has 0 aliphatic carbocycles. The number of nitrogens with one attached hydrogen (secondary N) is 1. The minimum atomic E-state index is -0.873. The summed E-state index contributed by atoms with van der Waals surface area (Å²) in [5.74, 6) is -0.841. The molecule has 23 heavy (non-hydrogen) atoms. The van der Waals surface area contributed by atoms with Crippen molar-refractivity contribution >= 4 is 17.5 Å². The number of para-hydroxylation sites is 2. The van der Waals surface area contributed by atoms with E-state index < -0.39 is 17.9 Å². The fourth-order valence-corrected chi connectivity index (χ4v) is 1.94. The number of benzene rings is 2. The van der Waals surface area contributed by atoms with Crippen LogP contribution in [-0.4, -0.2) is 17.9 Å². The predicted octanol–water partition coefficient (Wildman–Crippen LogP) is 2.06. The quantitative estimate of drug-likeness (QED) is 0.881. The Balaban J connectivity index is 2.12. The highest BCUT2D eigenvalue weighted by molar-refractivity contribution is 5.97. The third-order valence-electron chi connectivity index (χ3n) is 3.13. The van der Waals surface area contributed by atoms with Crippen molar-refractivity contribution in [2.75, 3.05) is 5.32 Å². The molecular weight excluding hydrogens is 294 g/mol. The van der Waals surface area contributed by atoms with Crippen LogP contribution in [0.1, 0.15) is 22.8 Å². The van der Waals surface area contributed by atoms with Crippen LogP contribution in [0.5, 0.6) is 5.75 Å². The van der Waals surface area contributed by atoms with Crippen molar-refractivity contribution in [3.63, 3.8) is 0 Å². The Hall–Kier alpha value is -3.33. The topological polar surface area (TPSA) is 105 Å². The number of anilines is 1. The lowest BCUT2D eigenvalue weighted by molar-refractivity contribution is -0.122. The summed E-state index contributed by atoms with van der Waals surface area (Å²) in [4.78, 5) is 23.6. The van der Waals surface area contributed by atoms with Gasteiger partial charge in [0.1, 0.15) is 11.8 Å². The molecule has 2 amide bonds. The molecule has 0 aliphatic rings. The van der Waals surface area contributed by atoms with E-state index in [-0.39, 0.29) is 11.3 Å². The summed E-state index contributed by atoms with van der Waals surface area (Å²) >= 11 is 0. The van der Waals surface area contributed by atoms with Crippen molar-refractivity contribution in [1.82, 2.24) is 0 Å². The normalized spacial score (nSPS) is 11.1. The lowest BCUT2D eigenvalue weighted by atomic mass is 10.2. The number of nitrogens with zero attached hydrogens (tertiary/aromatic N) is 1. The van der Waals surface area contributed by atoms with Crippen molar-refractivity contribution in [1.29, 1.82) is 5.26 Å². The third kappa shape index (κ3) is 3.86. The molecule has 2 aromatic carbocycles. The maximum Gasteiger partial charge on any atom is 0.265 e. The molecule has 2 aromatic rings. The molecule has 0 bridgehead atoms. The van der Waals surface area contributed by atoms with E-state index in [9.17, 15) is 9.59 Å². The molecular formula is C17H15N3O3. The minimum absolute atomic E-state index is 0.199. The van der Waals surface area contributed by atoms with Crippen molar-refractivity contribution in [2.45, 2.75) is 13.0 Å². The molecule has 6 nitrogen and oxygen atoms in total. The summed E-state index contributed by atoms with van der Waals surface area (Å²) in [6.45, 7) is 1.54. The molecule has 116 valence electrons. The second-order valence-electron chi connectivity index (χ2n) is 4.77. The SMILES string of the molecule is C[C@H](Oc1ccccc1C(N)=O)C(=O)Nc1ccccc1C#N. The van der Waals surface area contributed by atoms with Gasteiger partial charge in [-0.3, -0.25) is 9.59 Å². The first-order valence-corrected chi connectivity index (χ1v) is 6.88.